The molecule has 0 radical (unpaired) electrons. The van der Waals surface area contributed by atoms with E-state index in [4.69, 9.17) is 5.73 Å². The Morgan fingerprint density at radius 2 is 1.91 bits per heavy atom. The van der Waals surface area contributed by atoms with Crippen LogP contribution in [0.25, 0.3) is 0 Å². The first kappa shape index (κ1) is 19.9. The number of sulfonamides is 1. The molecule has 0 aliphatic heterocycles. The van der Waals surface area contributed by atoms with Crippen LogP contribution in [0.3, 0.4) is 0 Å². The molecule has 0 heterocycles. The molecule has 130 valence electrons. The monoisotopic (exact) mass is 361 g/mol. The zero-order valence-electron chi connectivity index (χ0n) is 13.1. The van der Waals surface area contributed by atoms with Gasteiger partial charge in [0.05, 0.1) is 5.75 Å². The van der Waals surface area contributed by atoms with Crippen LogP contribution in [0.4, 0.5) is 0 Å². The van der Waals surface area contributed by atoms with Crippen molar-refractivity contribution in [1.82, 2.24) is 10.0 Å². The first-order valence-corrected chi connectivity index (χ1v) is 9.16. The number of halogens is 1. The minimum absolute atomic E-state index is 0. The normalized spacial score (nSPS) is 15.6. The van der Waals surface area contributed by atoms with E-state index in [1.54, 1.807) is 31.2 Å². The van der Waals surface area contributed by atoms with E-state index in [9.17, 15) is 13.2 Å². The van der Waals surface area contributed by atoms with E-state index in [-0.39, 0.29) is 36.7 Å². The minimum atomic E-state index is -3.21. The molecule has 0 aromatic heterocycles. The molecule has 2 rings (SSSR count). The van der Waals surface area contributed by atoms with Gasteiger partial charge in [0, 0.05) is 24.7 Å². The zero-order valence-corrected chi connectivity index (χ0v) is 14.8. The fourth-order valence-electron chi connectivity index (χ4n) is 2.07. The maximum absolute atomic E-state index is 12.0. The molecule has 0 bridgehead atoms. The van der Waals surface area contributed by atoms with Crippen molar-refractivity contribution in [3.05, 3.63) is 35.4 Å². The predicted octanol–water partition coefficient (Wildman–Crippen LogP) is 1.01. The van der Waals surface area contributed by atoms with Crippen LogP contribution in [0.5, 0.6) is 0 Å². The molecule has 23 heavy (non-hydrogen) atoms. The molecule has 1 atom stereocenters. The van der Waals surface area contributed by atoms with E-state index >= 15 is 0 Å². The Labute approximate surface area is 143 Å². The molecule has 1 amide bonds. The predicted molar refractivity (Wildman–Crippen MR) is 93.0 cm³/mol. The molecule has 1 aliphatic rings. The van der Waals surface area contributed by atoms with Crippen molar-refractivity contribution < 1.29 is 13.2 Å². The standard InChI is InChI=1S/C15H23N3O3S.ClH/c1-2-22(20,21)18-9-11-3-5-13(6-4-11)15(19)17-10-14(16)12-7-8-12;/h3-6,12,14,18H,2,7-10,16H2,1H3,(H,17,19);1H. The highest BCUT2D eigenvalue weighted by atomic mass is 35.5. The molecule has 1 fully saturated rings. The highest BCUT2D eigenvalue weighted by Gasteiger charge is 2.28. The van der Waals surface area contributed by atoms with Crippen LogP contribution in [0.15, 0.2) is 24.3 Å². The number of nitrogens with one attached hydrogen (secondary N) is 2. The lowest BCUT2D eigenvalue weighted by atomic mass is 10.1. The third-order valence-corrected chi connectivity index (χ3v) is 5.16. The summed E-state index contributed by atoms with van der Waals surface area (Å²) in [6, 6.07) is 6.90. The highest BCUT2D eigenvalue weighted by Crippen LogP contribution is 2.31. The number of hydrogen-bond donors (Lipinski definition) is 3. The van der Waals surface area contributed by atoms with E-state index in [2.05, 4.69) is 10.0 Å². The highest BCUT2D eigenvalue weighted by molar-refractivity contribution is 7.89. The summed E-state index contributed by atoms with van der Waals surface area (Å²) in [5, 5.41) is 2.83. The van der Waals surface area contributed by atoms with Gasteiger partial charge in [0.15, 0.2) is 0 Å². The number of carbonyl (C=O) groups excluding carboxylic acids is 1. The number of nitrogens with two attached hydrogens (primary N) is 1. The Balaban J connectivity index is 0.00000264. The van der Waals surface area contributed by atoms with Crippen LogP contribution in [-0.2, 0) is 16.6 Å². The summed E-state index contributed by atoms with van der Waals surface area (Å²) in [6.07, 6.45) is 2.30. The average Bonchev–Trinajstić information content (AvgIpc) is 3.36. The summed E-state index contributed by atoms with van der Waals surface area (Å²) >= 11 is 0. The first-order valence-electron chi connectivity index (χ1n) is 7.51. The van der Waals surface area contributed by atoms with Crippen LogP contribution >= 0.6 is 12.4 Å². The maximum atomic E-state index is 12.0. The second kappa shape index (κ2) is 8.63. The summed E-state index contributed by atoms with van der Waals surface area (Å²) < 4.78 is 25.2. The van der Waals surface area contributed by atoms with Crippen molar-refractivity contribution in [2.24, 2.45) is 11.7 Å². The Kier molecular flexibility index (Phi) is 7.47. The quantitative estimate of drug-likeness (QED) is 0.643. The molecule has 4 N–H and O–H groups in total. The van der Waals surface area contributed by atoms with Gasteiger partial charge in [0.1, 0.15) is 0 Å². The molecular formula is C15H24ClN3O3S. The smallest absolute Gasteiger partial charge is 0.251 e. The van der Waals surface area contributed by atoms with Crippen molar-refractivity contribution >= 4 is 28.3 Å². The van der Waals surface area contributed by atoms with Gasteiger partial charge in [0.25, 0.3) is 5.91 Å². The van der Waals surface area contributed by atoms with Crippen LogP contribution < -0.4 is 15.8 Å². The molecule has 0 saturated heterocycles. The lowest BCUT2D eigenvalue weighted by molar-refractivity contribution is 0.0950. The van der Waals surface area contributed by atoms with E-state index in [0.717, 1.165) is 18.4 Å². The van der Waals surface area contributed by atoms with Crippen molar-refractivity contribution in [3.63, 3.8) is 0 Å². The first-order chi connectivity index (χ1) is 10.4. The Bertz CT molecular complexity index is 615. The second-order valence-corrected chi connectivity index (χ2v) is 7.73. The lowest BCUT2D eigenvalue weighted by Crippen LogP contribution is -2.38. The Morgan fingerprint density at radius 3 is 2.43 bits per heavy atom. The SMILES string of the molecule is CCS(=O)(=O)NCc1ccc(C(=O)NCC(N)C2CC2)cc1.Cl. The van der Waals surface area contributed by atoms with E-state index < -0.39 is 10.0 Å². The van der Waals surface area contributed by atoms with Crippen molar-refractivity contribution in [1.29, 1.82) is 0 Å². The van der Waals surface area contributed by atoms with Crippen molar-refractivity contribution in [2.45, 2.75) is 32.4 Å². The average molecular weight is 362 g/mol. The Morgan fingerprint density at radius 1 is 1.30 bits per heavy atom. The van der Waals surface area contributed by atoms with Gasteiger partial charge in [0.2, 0.25) is 10.0 Å². The molecule has 1 unspecified atom stereocenters. The van der Waals surface area contributed by atoms with Gasteiger partial charge in [-0.25, -0.2) is 13.1 Å². The van der Waals surface area contributed by atoms with Crippen LogP contribution in [0.1, 0.15) is 35.7 Å². The topological polar surface area (TPSA) is 101 Å². The fourth-order valence-corrected chi connectivity index (χ4v) is 2.66. The van der Waals surface area contributed by atoms with Gasteiger partial charge in [-0.2, -0.15) is 0 Å². The maximum Gasteiger partial charge on any atom is 0.251 e. The van der Waals surface area contributed by atoms with Crippen LogP contribution in [0.2, 0.25) is 0 Å². The van der Waals surface area contributed by atoms with Gasteiger partial charge in [-0.1, -0.05) is 12.1 Å². The van der Waals surface area contributed by atoms with Crippen LogP contribution in [0, 0.1) is 5.92 Å². The molecular weight excluding hydrogens is 338 g/mol. The molecule has 1 saturated carbocycles. The minimum Gasteiger partial charge on any atom is -0.350 e. The molecule has 8 heteroatoms. The van der Waals surface area contributed by atoms with Crippen molar-refractivity contribution in [2.75, 3.05) is 12.3 Å². The molecule has 6 nitrogen and oxygen atoms in total. The number of benzene rings is 1. The van der Waals surface area contributed by atoms with E-state index in [0.29, 0.717) is 18.0 Å². The fraction of sp³-hybridized carbons (Fsp3) is 0.533. The molecule has 1 aromatic carbocycles. The van der Waals surface area contributed by atoms with Gasteiger partial charge in [-0.05, 0) is 43.4 Å². The Hall–Kier alpha value is -1.15. The summed E-state index contributed by atoms with van der Waals surface area (Å²) in [5.41, 5.74) is 7.30. The summed E-state index contributed by atoms with van der Waals surface area (Å²) in [6.45, 7) is 2.30. The summed E-state index contributed by atoms with van der Waals surface area (Å²) in [7, 11) is -3.21. The number of rotatable bonds is 8. The van der Waals surface area contributed by atoms with Crippen molar-refractivity contribution in [3.8, 4) is 0 Å². The number of amides is 1. The zero-order chi connectivity index (χ0) is 16.2. The second-order valence-electron chi connectivity index (χ2n) is 5.63. The van der Waals surface area contributed by atoms with Gasteiger partial charge in [-0.15, -0.1) is 12.4 Å². The summed E-state index contributed by atoms with van der Waals surface area (Å²) in [5.74, 6) is 0.445. The number of hydrogen-bond acceptors (Lipinski definition) is 4. The largest absolute Gasteiger partial charge is 0.350 e. The number of carbonyl (C=O) groups is 1. The molecule has 0 spiro atoms. The van der Waals surface area contributed by atoms with Gasteiger partial charge >= 0.3 is 0 Å². The molecule has 1 aliphatic carbocycles. The van der Waals surface area contributed by atoms with Gasteiger partial charge in [-0.3, -0.25) is 4.79 Å². The lowest BCUT2D eigenvalue weighted by Gasteiger charge is -2.12. The molecule has 1 aromatic rings. The summed E-state index contributed by atoms with van der Waals surface area (Å²) in [4.78, 5) is 12.0. The van der Waals surface area contributed by atoms with E-state index in [1.807, 2.05) is 0 Å². The third kappa shape index (κ3) is 6.47. The van der Waals surface area contributed by atoms with Crippen LogP contribution in [-0.4, -0.2) is 32.7 Å². The van der Waals surface area contributed by atoms with E-state index in [1.165, 1.54) is 0 Å². The third-order valence-electron chi connectivity index (χ3n) is 3.82. The van der Waals surface area contributed by atoms with Gasteiger partial charge < -0.3 is 11.1 Å².